The standard InChI is InChI=1S/C13H20N2O2/c1-5-9(2)15-12(16)10-6-7-11(14-8-10)13(3,4)17/h6-9,17H,5H2,1-4H3,(H,15,16). The lowest BCUT2D eigenvalue weighted by atomic mass is 10.0. The largest absolute Gasteiger partial charge is 0.384 e. The normalized spacial score (nSPS) is 13.2. The molecule has 1 aromatic heterocycles. The Hall–Kier alpha value is -1.42. The van der Waals surface area contributed by atoms with Gasteiger partial charge >= 0.3 is 0 Å². The Balaban J connectivity index is 2.78. The maximum atomic E-state index is 11.8. The van der Waals surface area contributed by atoms with E-state index in [0.29, 0.717) is 11.3 Å². The SMILES string of the molecule is CCC(C)NC(=O)c1ccc(C(C)(C)O)nc1. The van der Waals surface area contributed by atoms with E-state index in [1.54, 1.807) is 26.0 Å². The van der Waals surface area contributed by atoms with Crippen LogP contribution in [0.1, 0.15) is 50.2 Å². The van der Waals surface area contributed by atoms with Gasteiger partial charge in [-0.25, -0.2) is 0 Å². The van der Waals surface area contributed by atoms with Crippen LogP contribution in [0.5, 0.6) is 0 Å². The third-order valence-corrected chi connectivity index (χ3v) is 2.64. The van der Waals surface area contributed by atoms with E-state index in [1.165, 1.54) is 6.20 Å². The van der Waals surface area contributed by atoms with Crippen molar-refractivity contribution in [3.05, 3.63) is 29.6 Å². The summed E-state index contributed by atoms with van der Waals surface area (Å²) in [5.74, 6) is -0.130. The fraction of sp³-hybridized carbons (Fsp3) is 0.538. The van der Waals surface area contributed by atoms with Crippen molar-refractivity contribution in [1.29, 1.82) is 0 Å². The second-order valence-corrected chi connectivity index (χ2v) is 4.77. The van der Waals surface area contributed by atoms with Crippen molar-refractivity contribution in [2.75, 3.05) is 0 Å². The number of pyridine rings is 1. The molecule has 94 valence electrons. The summed E-state index contributed by atoms with van der Waals surface area (Å²) in [4.78, 5) is 15.9. The fourth-order valence-corrected chi connectivity index (χ4v) is 1.30. The van der Waals surface area contributed by atoms with E-state index in [9.17, 15) is 9.90 Å². The number of hydrogen-bond donors (Lipinski definition) is 2. The van der Waals surface area contributed by atoms with Crippen LogP contribution in [-0.4, -0.2) is 22.0 Å². The first-order valence-electron chi connectivity index (χ1n) is 5.84. The maximum absolute atomic E-state index is 11.8. The Morgan fingerprint density at radius 2 is 2.18 bits per heavy atom. The number of carbonyl (C=O) groups is 1. The zero-order valence-corrected chi connectivity index (χ0v) is 10.8. The molecule has 0 saturated heterocycles. The van der Waals surface area contributed by atoms with Gasteiger partial charge in [-0.2, -0.15) is 0 Å². The summed E-state index contributed by atoms with van der Waals surface area (Å²) >= 11 is 0. The quantitative estimate of drug-likeness (QED) is 0.838. The molecule has 0 aromatic carbocycles. The zero-order valence-electron chi connectivity index (χ0n) is 10.8. The van der Waals surface area contributed by atoms with Crippen molar-refractivity contribution >= 4 is 5.91 Å². The van der Waals surface area contributed by atoms with Crippen molar-refractivity contribution in [3.8, 4) is 0 Å². The van der Waals surface area contributed by atoms with E-state index >= 15 is 0 Å². The van der Waals surface area contributed by atoms with E-state index in [2.05, 4.69) is 10.3 Å². The van der Waals surface area contributed by atoms with E-state index in [0.717, 1.165) is 6.42 Å². The van der Waals surface area contributed by atoms with Crippen molar-refractivity contribution in [3.63, 3.8) is 0 Å². The maximum Gasteiger partial charge on any atom is 0.253 e. The lowest BCUT2D eigenvalue weighted by Crippen LogP contribution is -2.32. The van der Waals surface area contributed by atoms with Crippen molar-refractivity contribution < 1.29 is 9.90 Å². The molecule has 1 heterocycles. The van der Waals surface area contributed by atoms with Gasteiger partial charge in [-0.15, -0.1) is 0 Å². The van der Waals surface area contributed by atoms with E-state index < -0.39 is 5.60 Å². The summed E-state index contributed by atoms with van der Waals surface area (Å²) in [5.41, 5.74) is 0.0852. The Kier molecular flexibility index (Phi) is 4.23. The van der Waals surface area contributed by atoms with Crippen molar-refractivity contribution in [2.24, 2.45) is 0 Å². The number of amides is 1. The molecule has 0 radical (unpaired) electrons. The molecule has 0 aliphatic carbocycles. The molecule has 1 atom stereocenters. The molecule has 1 amide bonds. The Morgan fingerprint density at radius 3 is 2.59 bits per heavy atom. The topological polar surface area (TPSA) is 62.2 Å². The van der Waals surface area contributed by atoms with Crippen LogP contribution < -0.4 is 5.32 Å². The molecule has 2 N–H and O–H groups in total. The summed E-state index contributed by atoms with van der Waals surface area (Å²) in [6.45, 7) is 7.29. The van der Waals surface area contributed by atoms with Crippen LogP contribution in [0.4, 0.5) is 0 Å². The average molecular weight is 236 g/mol. The zero-order chi connectivity index (χ0) is 13.1. The Morgan fingerprint density at radius 1 is 1.53 bits per heavy atom. The molecule has 0 aliphatic rings. The molecule has 0 spiro atoms. The van der Waals surface area contributed by atoms with Crippen LogP contribution in [0.15, 0.2) is 18.3 Å². The third-order valence-electron chi connectivity index (χ3n) is 2.64. The monoisotopic (exact) mass is 236 g/mol. The molecule has 1 unspecified atom stereocenters. The van der Waals surface area contributed by atoms with Gasteiger partial charge in [0.25, 0.3) is 5.91 Å². The summed E-state index contributed by atoms with van der Waals surface area (Å²) < 4.78 is 0. The van der Waals surface area contributed by atoms with Crippen LogP contribution in [0.3, 0.4) is 0 Å². The number of nitrogens with one attached hydrogen (secondary N) is 1. The highest BCUT2D eigenvalue weighted by Gasteiger charge is 2.18. The molecular weight excluding hydrogens is 216 g/mol. The first-order valence-corrected chi connectivity index (χ1v) is 5.84. The van der Waals surface area contributed by atoms with Gasteiger partial charge in [-0.05, 0) is 39.3 Å². The van der Waals surface area contributed by atoms with Crippen LogP contribution in [0.25, 0.3) is 0 Å². The summed E-state index contributed by atoms with van der Waals surface area (Å²) in [6, 6.07) is 3.50. The van der Waals surface area contributed by atoms with Gasteiger partial charge in [0.15, 0.2) is 0 Å². The predicted molar refractivity (Wildman–Crippen MR) is 66.7 cm³/mol. The molecule has 1 rings (SSSR count). The highest BCUT2D eigenvalue weighted by atomic mass is 16.3. The van der Waals surface area contributed by atoms with Crippen molar-refractivity contribution in [1.82, 2.24) is 10.3 Å². The van der Waals surface area contributed by atoms with Crippen LogP contribution >= 0.6 is 0 Å². The Bertz CT molecular complexity index is 379. The second kappa shape index (κ2) is 5.27. The number of carbonyl (C=O) groups excluding carboxylic acids is 1. The van der Waals surface area contributed by atoms with Crippen LogP contribution in [-0.2, 0) is 5.60 Å². The molecular formula is C13H20N2O2. The Labute approximate surface area is 102 Å². The van der Waals surface area contributed by atoms with Gasteiger partial charge in [0.05, 0.1) is 11.3 Å². The predicted octanol–water partition coefficient (Wildman–Crippen LogP) is 1.84. The number of hydrogen-bond acceptors (Lipinski definition) is 3. The molecule has 0 fully saturated rings. The molecule has 0 bridgehead atoms. The lowest BCUT2D eigenvalue weighted by molar-refractivity contribution is 0.0736. The minimum absolute atomic E-state index is 0.130. The average Bonchev–Trinajstić information content (AvgIpc) is 2.27. The van der Waals surface area contributed by atoms with E-state index in [-0.39, 0.29) is 11.9 Å². The van der Waals surface area contributed by atoms with Gasteiger partial charge < -0.3 is 10.4 Å². The molecule has 4 nitrogen and oxygen atoms in total. The minimum atomic E-state index is -0.980. The number of aliphatic hydroxyl groups is 1. The lowest BCUT2D eigenvalue weighted by Gasteiger charge is -2.16. The number of nitrogens with zero attached hydrogens (tertiary/aromatic N) is 1. The highest BCUT2D eigenvalue weighted by molar-refractivity contribution is 5.94. The van der Waals surface area contributed by atoms with Crippen molar-refractivity contribution in [2.45, 2.75) is 45.8 Å². The van der Waals surface area contributed by atoms with E-state index in [1.807, 2.05) is 13.8 Å². The minimum Gasteiger partial charge on any atom is -0.384 e. The fourth-order valence-electron chi connectivity index (χ4n) is 1.30. The van der Waals surface area contributed by atoms with E-state index in [4.69, 9.17) is 0 Å². The molecule has 17 heavy (non-hydrogen) atoms. The van der Waals surface area contributed by atoms with Gasteiger partial charge in [-0.3, -0.25) is 9.78 Å². The summed E-state index contributed by atoms with van der Waals surface area (Å²) in [7, 11) is 0. The first kappa shape index (κ1) is 13.6. The summed E-state index contributed by atoms with van der Waals surface area (Å²) in [6.07, 6.45) is 2.38. The van der Waals surface area contributed by atoms with Gasteiger partial charge in [0.2, 0.25) is 0 Å². The molecule has 1 aromatic rings. The van der Waals surface area contributed by atoms with Crippen LogP contribution in [0, 0.1) is 0 Å². The van der Waals surface area contributed by atoms with Gasteiger partial charge in [0.1, 0.15) is 5.60 Å². The smallest absolute Gasteiger partial charge is 0.253 e. The third kappa shape index (κ3) is 3.82. The number of rotatable bonds is 4. The second-order valence-electron chi connectivity index (χ2n) is 4.77. The molecule has 0 saturated carbocycles. The summed E-state index contributed by atoms with van der Waals surface area (Å²) in [5, 5.41) is 12.6. The van der Waals surface area contributed by atoms with Gasteiger partial charge in [-0.1, -0.05) is 6.92 Å². The highest BCUT2D eigenvalue weighted by Crippen LogP contribution is 2.16. The molecule has 0 aliphatic heterocycles. The first-order chi connectivity index (χ1) is 7.84. The van der Waals surface area contributed by atoms with Crippen LogP contribution in [0.2, 0.25) is 0 Å². The number of aromatic nitrogens is 1. The van der Waals surface area contributed by atoms with Gasteiger partial charge in [0, 0.05) is 12.2 Å². The molecule has 4 heteroatoms.